The second-order valence-electron chi connectivity index (χ2n) is 9.09. The SMILES string of the molecule is COc1ccc(C(CNC(=O)C2CCCN2C(=O)C(C)(C)C)N2CCOCC2)cc1. The number of carbonyl (C=O) groups excluding carboxylic acids is 2. The van der Waals surface area contributed by atoms with E-state index < -0.39 is 5.41 Å². The zero-order valence-electron chi connectivity index (χ0n) is 18.6. The highest BCUT2D eigenvalue weighted by Gasteiger charge is 2.38. The quantitative estimate of drug-likeness (QED) is 0.769. The zero-order chi connectivity index (χ0) is 21.7. The molecule has 1 aromatic carbocycles. The Kier molecular flexibility index (Phi) is 7.36. The number of methoxy groups -OCH3 is 1. The van der Waals surface area contributed by atoms with Crippen LogP contribution in [-0.2, 0) is 14.3 Å². The highest BCUT2D eigenvalue weighted by molar-refractivity contribution is 5.90. The molecule has 2 fully saturated rings. The third-order valence-corrected chi connectivity index (χ3v) is 5.91. The predicted molar refractivity (Wildman–Crippen MR) is 115 cm³/mol. The second-order valence-corrected chi connectivity index (χ2v) is 9.09. The van der Waals surface area contributed by atoms with E-state index in [1.165, 1.54) is 0 Å². The summed E-state index contributed by atoms with van der Waals surface area (Å²) < 4.78 is 10.8. The maximum absolute atomic E-state index is 13.0. The Labute approximate surface area is 179 Å². The van der Waals surface area contributed by atoms with E-state index in [0.717, 1.165) is 37.2 Å². The minimum Gasteiger partial charge on any atom is -0.497 e. The number of amides is 2. The molecule has 0 radical (unpaired) electrons. The Morgan fingerprint density at radius 3 is 2.43 bits per heavy atom. The van der Waals surface area contributed by atoms with Gasteiger partial charge in [0.15, 0.2) is 0 Å². The summed E-state index contributed by atoms with van der Waals surface area (Å²) in [5.74, 6) is 0.794. The molecule has 1 N–H and O–H groups in total. The molecule has 0 bridgehead atoms. The van der Waals surface area contributed by atoms with Gasteiger partial charge in [0.1, 0.15) is 11.8 Å². The van der Waals surface area contributed by atoms with Crippen molar-refractivity contribution in [3.05, 3.63) is 29.8 Å². The third kappa shape index (κ3) is 5.32. The van der Waals surface area contributed by atoms with Crippen LogP contribution in [0.3, 0.4) is 0 Å². The molecule has 3 rings (SSSR count). The van der Waals surface area contributed by atoms with Gasteiger partial charge < -0.3 is 19.7 Å². The lowest BCUT2D eigenvalue weighted by atomic mass is 9.94. The predicted octanol–water partition coefficient (Wildman–Crippen LogP) is 2.22. The van der Waals surface area contributed by atoms with Gasteiger partial charge in [-0.3, -0.25) is 14.5 Å². The normalized spacial score (nSPS) is 21.3. The highest BCUT2D eigenvalue weighted by atomic mass is 16.5. The number of morpholine rings is 1. The zero-order valence-corrected chi connectivity index (χ0v) is 18.6. The number of rotatable bonds is 6. The first-order chi connectivity index (χ1) is 14.3. The van der Waals surface area contributed by atoms with Gasteiger partial charge in [-0.1, -0.05) is 32.9 Å². The second kappa shape index (κ2) is 9.79. The van der Waals surface area contributed by atoms with Crippen LogP contribution in [0.2, 0.25) is 0 Å². The van der Waals surface area contributed by atoms with E-state index in [4.69, 9.17) is 9.47 Å². The molecule has 2 unspecified atom stereocenters. The molecular weight excluding hydrogens is 382 g/mol. The lowest BCUT2D eigenvalue weighted by Crippen LogP contribution is -2.51. The monoisotopic (exact) mass is 417 g/mol. The molecule has 0 aromatic heterocycles. The number of likely N-dealkylation sites (tertiary alicyclic amines) is 1. The van der Waals surface area contributed by atoms with E-state index in [1.807, 2.05) is 32.9 Å². The molecule has 2 aliphatic rings. The summed E-state index contributed by atoms with van der Waals surface area (Å²) in [7, 11) is 1.65. The Morgan fingerprint density at radius 2 is 1.83 bits per heavy atom. The van der Waals surface area contributed by atoms with E-state index >= 15 is 0 Å². The lowest BCUT2D eigenvalue weighted by Gasteiger charge is -2.35. The summed E-state index contributed by atoms with van der Waals surface area (Å²) in [6.45, 7) is 9.89. The molecule has 0 aliphatic carbocycles. The molecule has 2 atom stereocenters. The van der Waals surface area contributed by atoms with Gasteiger partial charge in [-0.15, -0.1) is 0 Å². The van der Waals surface area contributed by atoms with E-state index in [0.29, 0.717) is 26.3 Å². The molecule has 30 heavy (non-hydrogen) atoms. The van der Waals surface area contributed by atoms with Crippen LogP contribution in [0.4, 0.5) is 0 Å². The molecule has 2 aliphatic heterocycles. The lowest BCUT2D eigenvalue weighted by molar-refractivity contribution is -0.144. The maximum atomic E-state index is 13.0. The number of hydrogen-bond donors (Lipinski definition) is 1. The fourth-order valence-corrected chi connectivity index (χ4v) is 4.20. The van der Waals surface area contributed by atoms with Gasteiger partial charge >= 0.3 is 0 Å². The fourth-order valence-electron chi connectivity index (χ4n) is 4.20. The van der Waals surface area contributed by atoms with Crippen LogP contribution in [0.15, 0.2) is 24.3 Å². The summed E-state index contributed by atoms with van der Waals surface area (Å²) in [4.78, 5) is 29.9. The van der Waals surface area contributed by atoms with Crippen molar-refractivity contribution in [1.82, 2.24) is 15.1 Å². The van der Waals surface area contributed by atoms with E-state index in [1.54, 1.807) is 12.0 Å². The van der Waals surface area contributed by atoms with Crippen molar-refractivity contribution in [2.24, 2.45) is 5.41 Å². The summed E-state index contributed by atoms with van der Waals surface area (Å²) >= 11 is 0. The van der Waals surface area contributed by atoms with Crippen LogP contribution >= 0.6 is 0 Å². The molecule has 2 heterocycles. The summed E-state index contributed by atoms with van der Waals surface area (Å²) in [6, 6.07) is 7.68. The minimum atomic E-state index is -0.484. The van der Waals surface area contributed by atoms with Gasteiger partial charge in [0, 0.05) is 31.6 Å². The van der Waals surface area contributed by atoms with Gasteiger partial charge in [0.05, 0.1) is 26.4 Å². The van der Waals surface area contributed by atoms with E-state index in [9.17, 15) is 9.59 Å². The number of carbonyl (C=O) groups is 2. The Morgan fingerprint density at radius 1 is 1.17 bits per heavy atom. The molecule has 0 spiro atoms. The van der Waals surface area contributed by atoms with Crippen LogP contribution in [0.25, 0.3) is 0 Å². The summed E-state index contributed by atoms with van der Waals surface area (Å²) in [5.41, 5.74) is 0.648. The smallest absolute Gasteiger partial charge is 0.242 e. The van der Waals surface area contributed by atoms with Gasteiger partial charge in [0.2, 0.25) is 11.8 Å². The molecule has 2 saturated heterocycles. The topological polar surface area (TPSA) is 71.1 Å². The summed E-state index contributed by atoms with van der Waals surface area (Å²) in [6.07, 6.45) is 1.59. The van der Waals surface area contributed by atoms with Crippen LogP contribution in [-0.4, -0.2) is 74.2 Å². The number of hydrogen-bond acceptors (Lipinski definition) is 5. The fraction of sp³-hybridized carbons (Fsp3) is 0.652. The first-order valence-electron chi connectivity index (χ1n) is 10.9. The molecule has 7 heteroatoms. The molecule has 0 saturated carbocycles. The molecule has 1 aromatic rings. The summed E-state index contributed by atoms with van der Waals surface area (Å²) in [5, 5.41) is 3.14. The largest absolute Gasteiger partial charge is 0.497 e. The van der Waals surface area contributed by atoms with Crippen molar-refractivity contribution < 1.29 is 19.1 Å². The van der Waals surface area contributed by atoms with E-state index in [-0.39, 0.29) is 23.9 Å². The third-order valence-electron chi connectivity index (χ3n) is 5.91. The van der Waals surface area contributed by atoms with E-state index in [2.05, 4.69) is 22.3 Å². The average molecular weight is 418 g/mol. The highest BCUT2D eigenvalue weighted by Crippen LogP contribution is 2.27. The number of nitrogens with one attached hydrogen (secondary N) is 1. The van der Waals surface area contributed by atoms with Crippen LogP contribution in [0.1, 0.15) is 45.2 Å². The molecule has 2 amide bonds. The number of nitrogens with zero attached hydrogens (tertiary/aromatic N) is 2. The van der Waals surface area contributed by atoms with Crippen molar-refractivity contribution in [3.8, 4) is 5.75 Å². The van der Waals surface area contributed by atoms with Crippen molar-refractivity contribution in [2.75, 3.05) is 46.5 Å². The average Bonchev–Trinajstić information content (AvgIpc) is 3.23. The van der Waals surface area contributed by atoms with Gasteiger partial charge in [-0.25, -0.2) is 0 Å². The first kappa shape index (κ1) is 22.6. The van der Waals surface area contributed by atoms with Crippen LogP contribution in [0.5, 0.6) is 5.75 Å². The maximum Gasteiger partial charge on any atom is 0.242 e. The van der Waals surface area contributed by atoms with Crippen molar-refractivity contribution in [3.63, 3.8) is 0 Å². The van der Waals surface area contributed by atoms with Crippen LogP contribution in [0, 0.1) is 5.41 Å². The van der Waals surface area contributed by atoms with Crippen molar-refractivity contribution in [2.45, 2.75) is 45.7 Å². The van der Waals surface area contributed by atoms with Gasteiger partial charge in [-0.05, 0) is 30.5 Å². The minimum absolute atomic E-state index is 0.0417. The Balaban J connectivity index is 1.69. The Hall–Kier alpha value is -2.12. The standard InChI is InChI=1S/C23H35N3O4/c1-23(2,3)22(28)26-11-5-6-19(26)21(27)24-16-20(25-12-14-30-15-13-25)17-7-9-18(29-4)10-8-17/h7-10,19-20H,5-6,11-16H2,1-4H3,(H,24,27). The molecule has 7 nitrogen and oxygen atoms in total. The first-order valence-corrected chi connectivity index (χ1v) is 10.9. The van der Waals surface area contributed by atoms with Gasteiger partial charge in [0.25, 0.3) is 0 Å². The number of ether oxygens (including phenoxy) is 2. The van der Waals surface area contributed by atoms with Crippen LogP contribution < -0.4 is 10.1 Å². The van der Waals surface area contributed by atoms with Gasteiger partial charge in [-0.2, -0.15) is 0 Å². The number of benzene rings is 1. The molecular formula is C23H35N3O4. The van der Waals surface area contributed by atoms with Crippen molar-refractivity contribution >= 4 is 11.8 Å². The Bertz CT molecular complexity index is 723. The van der Waals surface area contributed by atoms with Crippen molar-refractivity contribution in [1.29, 1.82) is 0 Å². The molecule has 166 valence electrons.